The number of pyridine rings is 1. The zero-order valence-corrected chi connectivity index (χ0v) is 16.8. The van der Waals surface area contributed by atoms with Crippen molar-refractivity contribution in [1.82, 2.24) is 4.98 Å². The zero-order valence-electron chi connectivity index (χ0n) is 14.6. The molecule has 3 aromatic carbocycles. The number of benzene rings is 3. The van der Waals surface area contributed by atoms with E-state index in [0.717, 1.165) is 11.1 Å². The second kappa shape index (κ2) is 8.33. The number of non-ortho nitro benzene ring substituents is 1. The molecular weight excluding hydrogens is 438 g/mol. The van der Waals surface area contributed by atoms with Crippen molar-refractivity contribution in [3.8, 4) is 22.4 Å². The van der Waals surface area contributed by atoms with Crippen LogP contribution in [0.5, 0.6) is 0 Å². The van der Waals surface area contributed by atoms with E-state index in [9.17, 15) is 14.5 Å². The van der Waals surface area contributed by atoms with Crippen LogP contribution in [0.3, 0.4) is 0 Å². The molecule has 4 nitrogen and oxygen atoms in total. The van der Waals surface area contributed by atoms with Crippen LogP contribution in [0, 0.1) is 15.9 Å². The molecule has 8 heteroatoms. The summed E-state index contributed by atoms with van der Waals surface area (Å²) in [4.78, 5) is 15.3. The van der Waals surface area contributed by atoms with Crippen LogP contribution in [-0.4, -0.2) is 9.91 Å². The Bertz CT molecular complexity index is 1230. The van der Waals surface area contributed by atoms with Gasteiger partial charge in [0.2, 0.25) is 0 Å². The van der Waals surface area contributed by atoms with Crippen LogP contribution in [0.2, 0.25) is 10.0 Å². The lowest BCUT2D eigenvalue weighted by atomic mass is 9.98. The molecule has 146 valence electrons. The monoisotopic (exact) mass is 447 g/mol. The molecule has 0 aliphatic heterocycles. The maximum Gasteiger partial charge on any atom is 0.270 e. The predicted molar refractivity (Wildman–Crippen MR) is 109 cm³/mol. The first kappa shape index (κ1) is 21.0. The Morgan fingerprint density at radius 1 is 0.897 bits per heavy atom. The molecule has 0 radical (unpaired) electrons. The summed E-state index contributed by atoms with van der Waals surface area (Å²) < 4.78 is 14.0. The van der Waals surface area contributed by atoms with Gasteiger partial charge in [-0.2, -0.15) is 0 Å². The number of nitro groups is 1. The maximum absolute atomic E-state index is 14.0. The van der Waals surface area contributed by atoms with Crippen molar-refractivity contribution in [1.29, 1.82) is 0 Å². The van der Waals surface area contributed by atoms with E-state index in [4.69, 9.17) is 23.2 Å². The summed E-state index contributed by atoms with van der Waals surface area (Å²) in [5.41, 5.74) is 2.92. The first-order valence-electron chi connectivity index (χ1n) is 8.23. The lowest BCUT2D eigenvalue weighted by Gasteiger charge is -2.12. The van der Waals surface area contributed by atoms with E-state index in [1.807, 2.05) is 30.3 Å². The van der Waals surface area contributed by atoms with Crippen molar-refractivity contribution in [3.05, 3.63) is 92.7 Å². The van der Waals surface area contributed by atoms with Gasteiger partial charge in [0.1, 0.15) is 5.82 Å². The molecule has 29 heavy (non-hydrogen) atoms. The number of nitrogens with zero attached hydrogens (tertiary/aromatic N) is 2. The Morgan fingerprint density at radius 3 is 2.31 bits per heavy atom. The summed E-state index contributed by atoms with van der Waals surface area (Å²) >= 11 is 12.1. The molecule has 0 bridgehead atoms. The fraction of sp³-hybridized carbons (Fsp3) is 0. The van der Waals surface area contributed by atoms with E-state index >= 15 is 0 Å². The van der Waals surface area contributed by atoms with Gasteiger partial charge in [-0.3, -0.25) is 10.1 Å². The number of nitro benzene ring substituents is 1. The van der Waals surface area contributed by atoms with Gasteiger partial charge >= 0.3 is 0 Å². The maximum atomic E-state index is 14.0. The Kier molecular flexibility index (Phi) is 6.03. The Morgan fingerprint density at radius 2 is 1.62 bits per heavy atom. The van der Waals surface area contributed by atoms with E-state index in [0.29, 0.717) is 22.2 Å². The third kappa shape index (κ3) is 4.03. The van der Waals surface area contributed by atoms with Crippen molar-refractivity contribution in [2.24, 2.45) is 0 Å². The summed E-state index contributed by atoms with van der Waals surface area (Å²) in [5.74, 6) is -0.604. The predicted octanol–water partition coefficient (Wildman–Crippen LogP) is 3.93. The first-order chi connectivity index (χ1) is 13.4. The highest BCUT2D eigenvalue weighted by atomic mass is 35.5. The van der Waals surface area contributed by atoms with Gasteiger partial charge in [0.05, 0.1) is 26.2 Å². The fourth-order valence-electron chi connectivity index (χ4n) is 3.04. The molecule has 0 atom stereocenters. The lowest BCUT2D eigenvalue weighted by Crippen LogP contribution is -3.00. The largest absolute Gasteiger partial charge is 1.00 e. The van der Waals surface area contributed by atoms with Crippen molar-refractivity contribution < 1.29 is 21.7 Å². The molecular formula is C21H11Cl3FN2O2-. The molecule has 0 saturated carbocycles. The van der Waals surface area contributed by atoms with Crippen LogP contribution in [-0.2, 0) is 0 Å². The third-order valence-corrected chi connectivity index (χ3v) is 4.98. The SMILES string of the molecule is O=[N+]([O-])c1ccc2nc(-c3cc(F)c(Cl)cc3Cl)cc(-c3ccccc3)c2c1.[Cl-]. The second-order valence-electron chi connectivity index (χ2n) is 6.13. The van der Waals surface area contributed by atoms with Crippen LogP contribution in [0.4, 0.5) is 10.1 Å². The third-order valence-electron chi connectivity index (χ3n) is 4.37. The molecule has 4 rings (SSSR count). The minimum Gasteiger partial charge on any atom is -1.00 e. The van der Waals surface area contributed by atoms with Crippen molar-refractivity contribution in [2.75, 3.05) is 0 Å². The van der Waals surface area contributed by atoms with Gasteiger partial charge in [-0.05, 0) is 35.4 Å². The summed E-state index contributed by atoms with van der Waals surface area (Å²) in [6, 6.07) is 18.2. The van der Waals surface area contributed by atoms with Gasteiger partial charge < -0.3 is 12.4 Å². The van der Waals surface area contributed by atoms with Crippen LogP contribution in [0.25, 0.3) is 33.3 Å². The summed E-state index contributed by atoms with van der Waals surface area (Å²) in [5, 5.41) is 12.0. The van der Waals surface area contributed by atoms with Gasteiger partial charge in [-0.25, -0.2) is 9.37 Å². The zero-order chi connectivity index (χ0) is 19.8. The fourth-order valence-corrected chi connectivity index (χ4v) is 3.52. The van der Waals surface area contributed by atoms with Crippen molar-refractivity contribution in [3.63, 3.8) is 0 Å². The molecule has 0 unspecified atom stereocenters. The van der Waals surface area contributed by atoms with Crippen LogP contribution < -0.4 is 12.4 Å². The summed E-state index contributed by atoms with van der Waals surface area (Å²) in [6.45, 7) is 0. The highest BCUT2D eigenvalue weighted by molar-refractivity contribution is 6.36. The molecule has 4 aromatic rings. The number of hydrogen-bond acceptors (Lipinski definition) is 3. The van der Waals surface area contributed by atoms with Crippen LogP contribution in [0.1, 0.15) is 0 Å². The van der Waals surface area contributed by atoms with Gasteiger partial charge in [0, 0.05) is 23.1 Å². The quantitative estimate of drug-likeness (QED) is 0.271. The van der Waals surface area contributed by atoms with E-state index in [1.54, 1.807) is 12.1 Å². The van der Waals surface area contributed by atoms with Gasteiger partial charge in [0.15, 0.2) is 0 Å². The molecule has 1 heterocycles. The average Bonchev–Trinajstić information content (AvgIpc) is 2.70. The smallest absolute Gasteiger partial charge is 0.270 e. The molecule has 0 aliphatic carbocycles. The van der Waals surface area contributed by atoms with Gasteiger partial charge in [-0.15, -0.1) is 0 Å². The standard InChI is InChI=1S/C21H11Cl2FN2O2.ClH/c22-17-11-18(23)19(24)9-16(17)21-10-14(12-4-2-1-3-5-12)15-8-13(26(27)28)6-7-20(15)25-21;/h1-11H;1H/p-1. The second-order valence-corrected chi connectivity index (χ2v) is 6.94. The highest BCUT2D eigenvalue weighted by Crippen LogP contribution is 2.37. The molecule has 0 fully saturated rings. The topological polar surface area (TPSA) is 56.0 Å². The summed E-state index contributed by atoms with van der Waals surface area (Å²) in [7, 11) is 0. The minimum atomic E-state index is -0.604. The van der Waals surface area contributed by atoms with Crippen LogP contribution in [0.15, 0.2) is 66.7 Å². The van der Waals surface area contributed by atoms with E-state index in [1.165, 1.54) is 24.3 Å². The van der Waals surface area contributed by atoms with Gasteiger partial charge in [0.25, 0.3) is 5.69 Å². The van der Waals surface area contributed by atoms with E-state index < -0.39 is 10.7 Å². The van der Waals surface area contributed by atoms with Gasteiger partial charge in [-0.1, -0.05) is 53.5 Å². The number of rotatable bonds is 3. The molecule has 0 saturated heterocycles. The van der Waals surface area contributed by atoms with E-state index in [2.05, 4.69) is 4.98 Å². The first-order valence-corrected chi connectivity index (χ1v) is 8.99. The Hall–Kier alpha value is -2.73. The number of hydrogen-bond donors (Lipinski definition) is 0. The summed E-state index contributed by atoms with van der Waals surface area (Å²) in [6.07, 6.45) is 0. The molecule has 1 aromatic heterocycles. The minimum absolute atomic E-state index is 0. The number of aromatic nitrogens is 1. The Balaban J connectivity index is 0.00000240. The number of fused-ring (bicyclic) bond motifs is 1. The molecule has 0 amide bonds. The lowest BCUT2D eigenvalue weighted by molar-refractivity contribution is -0.384. The molecule has 0 N–H and O–H groups in total. The molecule has 0 spiro atoms. The Labute approximate surface area is 181 Å². The highest BCUT2D eigenvalue weighted by Gasteiger charge is 2.16. The average molecular weight is 449 g/mol. The van der Waals surface area contributed by atoms with Crippen LogP contribution >= 0.6 is 23.2 Å². The number of halogens is 4. The van der Waals surface area contributed by atoms with Crippen molar-refractivity contribution in [2.45, 2.75) is 0 Å². The normalized spacial score (nSPS) is 10.6. The molecule has 0 aliphatic rings. The van der Waals surface area contributed by atoms with E-state index in [-0.39, 0.29) is 28.1 Å². The van der Waals surface area contributed by atoms with Crippen molar-refractivity contribution >= 4 is 39.8 Å².